The van der Waals surface area contributed by atoms with Crippen molar-refractivity contribution in [1.29, 1.82) is 0 Å². The summed E-state index contributed by atoms with van der Waals surface area (Å²) in [5.41, 5.74) is -0.490. The Morgan fingerprint density at radius 2 is 1.94 bits per heavy atom. The van der Waals surface area contributed by atoms with Gasteiger partial charge in [0.2, 0.25) is 0 Å². The van der Waals surface area contributed by atoms with Gasteiger partial charge in [-0.2, -0.15) is 0 Å². The maximum absolute atomic E-state index is 12.3. The summed E-state index contributed by atoms with van der Waals surface area (Å²) in [7, 11) is 0. The fraction of sp³-hybridized carbons (Fsp3) is 0.929. The molecule has 1 aliphatic carbocycles. The largest absolute Gasteiger partial charge is 0.465 e. The van der Waals surface area contributed by atoms with E-state index >= 15 is 0 Å². The Bertz CT molecular complexity index is 268. The van der Waals surface area contributed by atoms with E-state index in [1.807, 2.05) is 6.92 Å². The Morgan fingerprint density at radius 3 is 2.56 bits per heavy atom. The minimum Gasteiger partial charge on any atom is -0.465 e. The van der Waals surface area contributed by atoms with Gasteiger partial charge < -0.3 is 9.47 Å². The number of nitrogens with one attached hydrogen (secondary N) is 1. The maximum Gasteiger partial charge on any atom is 0.326 e. The van der Waals surface area contributed by atoms with Crippen LogP contribution >= 0.6 is 0 Å². The Balaban J connectivity index is 2.00. The second kappa shape index (κ2) is 6.53. The van der Waals surface area contributed by atoms with Gasteiger partial charge in [0.05, 0.1) is 6.61 Å². The van der Waals surface area contributed by atoms with Crippen LogP contribution in [0.4, 0.5) is 0 Å². The van der Waals surface area contributed by atoms with E-state index in [0.29, 0.717) is 25.9 Å². The van der Waals surface area contributed by atoms with Crippen LogP contribution in [0, 0.1) is 0 Å². The molecule has 1 heterocycles. The summed E-state index contributed by atoms with van der Waals surface area (Å²) in [6, 6.07) is 0.473. The molecule has 0 aromatic rings. The molecule has 0 spiro atoms. The van der Waals surface area contributed by atoms with E-state index < -0.39 is 5.54 Å². The van der Waals surface area contributed by atoms with E-state index in [-0.39, 0.29) is 5.97 Å². The SMILES string of the molecule is CCOC(=O)C1(NC2CCCCC2)CCOCC1. The van der Waals surface area contributed by atoms with Gasteiger partial charge in [-0.15, -0.1) is 0 Å². The van der Waals surface area contributed by atoms with Crippen molar-refractivity contribution in [3.63, 3.8) is 0 Å². The van der Waals surface area contributed by atoms with Crippen LogP contribution in [-0.2, 0) is 14.3 Å². The number of carbonyl (C=O) groups is 1. The molecule has 0 amide bonds. The number of esters is 1. The predicted molar refractivity (Wildman–Crippen MR) is 69.4 cm³/mol. The van der Waals surface area contributed by atoms with Gasteiger partial charge in [-0.3, -0.25) is 10.1 Å². The van der Waals surface area contributed by atoms with Crippen molar-refractivity contribution in [2.24, 2.45) is 0 Å². The van der Waals surface area contributed by atoms with E-state index in [2.05, 4.69) is 5.32 Å². The molecule has 0 aromatic heterocycles. The molecular formula is C14H25NO3. The first-order valence-electron chi connectivity index (χ1n) is 7.29. The van der Waals surface area contributed by atoms with Gasteiger partial charge in [0.15, 0.2) is 0 Å². The third-order valence-corrected chi connectivity index (χ3v) is 4.10. The highest BCUT2D eigenvalue weighted by Gasteiger charge is 2.42. The van der Waals surface area contributed by atoms with Crippen LogP contribution < -0.4 is 5.32 Å². The molecular weight excluding hydrogens is 230 g/mol. The van der Waals surface area contributed by atoms with Crippen LogP contribution in [0.15, 0.2) is 0 Å². The first kappa shape index (κ1) is 13.8. The summed E-state index contributed by atoms with van der Waals surface area (Å²) >= 11 is 0. The van der Waals surface area contributed by atoms with Crippen molar-refractivity contribution in [2.75, 3.05) is 19.8 Å². The predicted octanol–water partition coefficient (Wildman–Crippen LogP) is 2.02. The molecule has 2 aliphatic rings. The zero-order chi connectivity index (χ0) is 12.8. The van der Waals surface area contributed by atoms with E-state index in [4.69, 9.17) is 9.47 Å². The van der Waals surface area contributed by atoms with Crippen molar-refractivity contribution in [1.82, 2.24) is 5.32 Å². The van der Waals surface area contributed by atoms with Gasteiger partial charge in [0.25, 0.3) is 0 Å². The molecule has 2 fully saturated rings. The summed E-state index contributed by atoms with van der Waals surface area (Å²) in [6.07, 6.45) is 7.71. The Hall–Kier alpha value is -0.610. The molecule has 4 heteroatoms. The maximum atomic E-state index is 12.3. The van der Waals surface area contributed by atoms with Crippen molar-refractivity contribution < 1.29 is 14.3 Å². The molecule has 2 rings (SSSR count). The first-order chi connectivity index (χ1) is 8.77. The third-order valence-electron chi connectivity index (χ3n) is 4.10. The quantitative estimate of drug-likeness (QED) is 0.781. The molecule has 1 saturated heterocycles. The summed E-state index contributed by atoms with van der Waals surface area (Å²) in [5, 5.41) is 3.60. The average Bonchev–Trinajstić information content (AvgIpc) is 2.41. The van der Waals surface area contributed by atoms with Gasteiger partial charge in [-0.25, -0.2) is 0 Å². The fourth-order valence-electron chi connectivity index (χ4n) is 3.03. The highest BCUT2D eigenvalue weighted by molar-refractivity contribution is 5.81. The van der Waals surface area contributed by atoms with Gasteiger partial charge in [-0.1, -0.05) is 19.3 Å². The van der Waals surface area contributed by atoms with Crippen LogP contribution in [0.1, 0.15) is 51.9 Å². The van der Waals surface area contributed by atoms with Crippen LogP contribution in [0.3, 0.4) is 0 Å². The van der Waals surface area contributed by atoms with E-state index in [0.717, 1.165) is 12.8 Å². The molecule has 0 unspecified atom stereocenters. The van der Waals surface area contributed by atoms with Crippen LogP contribution in [0.2, 0.25) is 0 Å². The average molecular weight is 255 g/mol. The van der Waals surface area contributed by atoms with Gasteiger partial charge in [0, 0.05) is 19.3 Å². The highest BCUT2D eigenvalue weighted by Crippen LogP contribution is 2.27. The lowest BCUT2D eigenvalue weighted by atomic mass is 9.86. The number of rotatable bonds is 4. The van der Waals surface area contributed by atoms with Crippen molar-refractivity contribution in [3.8, 4) is 0 Å². The second-order valence-corrected chi connectivity index (χ2v) is 5.39. The van der Waals surface area contributed by atoms with Gasteiger partial charge in [0.1, 0.15) is 5.54 Å². The number of carbonyl (C=O) groups excluding carboxylic acids is 1. The molecule has 1 saturated carbocycles. The smallest absolute Gasteiger partial charge is 0.326 e. The van der Waals surface area contributed by atoms with E-state index in [1.54, 1.807) is 0 Å². The molecule has 4 nitrogen and oxygen atoms in total. The second-order valence-electron chi connectivity index (χ2n) is 5.39. The fourth-order valence-corrected chi connectivity index (χ4v) is 3.03. The lowest BCUT2D eigenvalue weighted by Gasteiger charge is -2.39. The van der Waals surface area contributed by atoms with E-state index in [9.17, 15) is 4.79 Å². The zero-order valence-corrected chi connectivity index (χ0v) is 11.4. The molecule has 1 N–H and O–H groups in total. The molecule has 0 radical (unpaired) electrons. The van der Waals surface area contributed by atoms with Gasteiger partial charge in [-0.05, 0) is 32.6 Å². The number of hydrogen-bond acceptors (Lipinski definition) is 4. The normalized spacial score (nSPS) is 24.7. The minimum atomic E-state index is -0.490. The van der Waals surface area contributed by atoms with Crippen molar-refractivity contribution >= 4 is 5.97 Å². The number of hydrogen-bond donors (Lipinski definition) is 1. The van der Waals surface area contributed by atoms with Crippen LogP contribution in [-0.4, -0.2) is 37.4 Å². The molecule has 0 aromatic carbocycles. The lowest BCUT2D eigenvalue weighted by molar-refractivity contribution is -0.156. The molecule has 18 heavy (non-hydrogen) atoms. The topological polar surface area (TPSA) is 47.6 Å². The highest BCUT2D eigenvalue weighted by atomic mass is 16.5. The lowest BCUT2D eigenvalue weighted by Crippen LogP contribution is -2.59. The van der Waals surface area contributed by atoms with E-state index in [1.165, 1.54) is 32.1 Å². The van der Waals surface area contributed by atoms with Crippen LogP contribution in [0.5, 0.6) is 0 Å². The summed E-state index contributed by atoms with van der Waals surface area (Å²) in [6.45, 7) is 3.62. The van der Waals surface area contributed by atoms with Crippen molar-refractivity contribution in [2.45, 2.75) is 63.5 Å². The third kappa shape index (κ3) is 3.23. The van der Waals surface area contributed by atoms with Crippen LogP contribution in [0.25, 0.3) is 0 Å². The number of ether oxygens (including phenoxy) is 2. The minimum absolute atomic E-state index is 0.0844. The summed E-state index contributed by atoms with van der Waals surface area (Å²) < 4.78 is 10.7. The standard InChI is InChI=1S/C14H25NO3/c1-2-18-13(16)14(8-10-17-11-9-14)15-12-6-4-3-5-7-12/h12,15H,2-11H2,1H3. The zero-order valence-electron chi connectivity index (χ0n) is 11.4. The monoisotopic (exact) mass is 255 g/mol. The summed E-state index contributed by atoms with van der Waals surface area (Å²) in [5.74, 6) is -0.0844. The van der Waals surface area contributed by atoms with Gasteiger partial charge >= 0.3 is 5.97 Å². The molecule has 104 valence electrons. The molecule has 0 atom stereocenters. The molecule has 0 bridgehead atoms. The first-order valence-corrected chi connectivity index (χ1v) is 7.29. The summed E-state index contributed by atoms with van der Waals surface area (Å²) in [4.78, 5) is 12.3. The van der Waals surface area contributed by atoms with Crippen molar-refractivity contribution in [3.05, 3.63) is 0 Å². The Kier molecular flexibility index (Phi) is 5.01. The molecule has 1 aliphatic heterocycles. The Labute approximate surface area is 109 Å². The Morgan fingerprint density at radius 1 is 1.28 bits per heavy atom.